The normalized spacial score (nSPS) is 16.0. The van der Waals surface area contributed by atoms with Crippen molar-refractivity contribution in [1.29, 1.82) is 0 Å². The van der Waals surface area contributed by atoms with E-state index in [0.717, 1.165) is 44.0 Å². The second kappa shape index (κ2) is 7.90. The zero-order chi connectivity index (χ0) is 16.9. The maximum absolute atomic E-state index is 12.4. The lowest BCUT2D eigenvalue weighted by Gasteiger charge is -2.32. The molecule has 3 rings (SSSR count). The molecule has 7 heteroatoms. The van der Waals surface area contributed by atoms with E-state index in [1.54, 1.807) is 12.4 Å². The maximum atomic E-state index is 12.4. The average molecular weight is 349 g/mol. The number of thiophene rings is 1. The molecule has 0 radical (unpaired) electrons. The summed E-state index contributed by atoms with van der Waals surface area (Å²) in [6, 6.07) is 1.79. The van der Waals surface area contributed by atoms with E-state index < -0.39 is 0 Å². The van der Waals surface area contributed by atoms with Gasteiger partial charge in [-0.2, -0.15) is 0 Å². The molecule has 0 unspecified atom stereocenters. The maximum Gasteiger partial charge on any atom is 0.262 e. The molecule has 0 spiro atoms. The van der Waals surface area contributed by atoms with E-state index in [4.69, 9.17) is 4.74 Å². The molecule has 1 aliphatic rings. The van der Waals surface area contributed by atoms with Crippen LogP contribution < -0.4 is 5.56 Å². The molecule has 0 aromatic carbocycles. The van der Waals surface area contributed by atoms with Crippen LogP contribution in [-0.4, -0.2) is 46.7 Å². The van der Waals surface area contributed by atoms with Crippen LogP contribution >= 0.6 is 11.3 Å². The number of rotatable bonds is 6. The standard InChI is InChI=1S/C17H23N3O3S/c1-2-23-11-13-3-7-19(8-4-13)15(21)5-9-20-12-18-16-14(17(20)22)6-10-24-16/h6,10,12-13H,2-5,7-9,11H2,1H3. The zero-order valence-corrected chi connectivity index (χ0v) is 14.8. The van der Waals surface area contributed by atoms with Crippen LogP contribution in [-0.2, 0) is 16.1 Å². The van der Waals surface area contributed by atoms with Crippen LogP contribution in [0.2, 0.25) is 0 Å². The first kappa shape index (κ1) is 17.1. The van der Waals surface area contributed by atoms with Crippen LogP contribution in [0.4, 0.5) is 0 Å². The monoisotopic (exact) mass is 349 g/mol. The topological polar surface area (TPSA) is 64.4 Å². The van der Waals surface area contributed by atoms with Crippen LogP contribution in [0.25, 0.3) is 10.2 Å². The quantitative estimate of drug-likeness (QED) is 0.801. The first-order valence-electron chi connectivity index (χ1n) is 8.47. The van der Waals surface area contributed by atoms with Crippen LogP contribution in [0.1, 0.15) is 26.2 Å². The third-order valence-corrected chi connectivity index (χ3v) is 5.36. The third-order valence-electron chi connectivity index (χ3n) is 4.54. The molecule has 24 heavy (non-hydrogen) atoms. The Bertz CT molecular complexity index is 747. The van der Waals surface area contributed by atoms with Gasteiger partial charge in [-0.3, -0.25) is 14.2 Å². The predicted octanol–water partition coefficient (Wildman–Crippen LogP) is 2.12. The fourth-order valence-electron chi connectivity index (χ4n) is 3.06. The zero-order valence-electron chi connectivity index (χ0n) is 13.9. The second-order valence-electron chi connectivity index (χ2n) is 6.12. The fraction of sp³-hybridized carbons (Fsp3) is 0.588. The van der Waals surface area contributed by atoms with Gasteiger partial charge in [-0.25, -0.2) is 4.98 Å². The van der Waals surface area contributed by atoms with Gasteiger partial charge in [-0.15, -0.1) is 11.3 Å². The Balaban J connectivity index is 1.52. The van der Waals surface area contributed by atoms with Gasteiger partial charge in [0.1, 0.15) is 4.83 Å². The Hall–Kier alpha value is -1.73. The van der Waals surface area contributed by atoms with Gasteiger partial charge in [-0.1, -0.05) is 0 Å². The van der Waals surface area contributed by atoms with E-state index in [0.29, 0.717) is 24.3 Å². The molecule has 1 saturated heterocycles. The van der Waals surface area contributed by atoms with Gasteiger partial charge in [0.2, 0.25) is 5.91 Å². The molecule has 1 amide bonds. The van der Waals surface area contributed by atoms with Crippen molar-refractivity contribution in [2.24, 2.45) is 5.92 Å². The lowest BCUT2D eigenvalue weighted by molar-refractivity contribution is -0.133. The van der Waals surface area contributed by atoms with Crippen LogP contribution in [0.5, 0.6) is 0 Å². The highest BCUT2D eigenvalue weighted by atomic mass is 32.1. The molecule has 2 aromatic rings. The number of hydrogen-bond donors (Lipinski definition) is 0. The van der Waals surface area contributed by atoms with Gasteiger partial charge in [-0.05, 0) is 37.1 Å². The van der Waals surface area contributed by atoms with Gasteiger partial charge in [0.25, 0.3) is 5.56 Å². The number of ether oxygens (including phenoxy) is 1. The van der Waals surface area contributed by atoms with E-state index in [1.807, 2.05) is 17.2 Å². The summed E-state index contributed by atoms with van der Waals surface area (Å²) < 4.78 is 7.00. The predicted molar refractivity (Wildman–Crippen MR) is 94.3 cm³/mol. The molecule has 2 aromatic heterocycles. The highest BCUT2D eigenvalue weighted by molar-refractivity contribution is 7.16. The van der Waals surface area contributed by atoms with E-state index in [1.165, 1.54) is 15.9 Å². The van der Waals surface area contributed by atoms with Gasteiger partial charge >= 0.3 is 0 Å². The van der Waals surface area contributed by atoms with Crippen molar-refractivity contribution >= 4 is 27.5 Å². The molecule has 0 N–H and O–H groups in total. The lowest BCUT2D eigenvalue weighted by Crippen LogP contribution is -2.40. The highest BCUT2D eigenvalue weighted by Gasteiger charge is 2.22. The number of fused-ring (bicyclic) bond motifs is 1. The van der Waals surface area contributed by atoms with Crippen LogP contribution in [0, 0.1) is 5.92 Å². The lowest BCUT2D eigenvalue weighted by atomic mass is 9.97. The van der Waals surface area contributed by atoms with Gasteiger partial charge in [0.05, 0.1) is 11.7 Å². The first-order valence-corrected chi connectivity index (χ1v) is 9.35. The van der Waals surface area contributed by atoms with E-state index in [-0.39, 0.29) is 11.5 Å². The smallest absolute Gasteiger partial charge is 0.262 e. The third kappa shape index (κ3) is 3.84. The molecule has 3 heterocycles. The van der Waals surface area contributed by atoms with Crippen molar-refractivity contribution in [2.45, 2.75) is 32.7 Å². The van der Waals surface area contributed by atoms with Crippen molar-refractivity contribution in [3.05, 3.63) is 28.1 Å². The van der Waals surface area contributed by atoms with Crippen LogP contribution in [0.15, 0.2) is 22.6 Å². The summed E-state index contributed by atoms with van der Waals surface area (Å²) in [6.45, 7) is 5.50. The minimum absolute atomic E-state index is 0.0653. The minimum Gasteiger partial charge on any atom is -0.381 e. The number of carbonyl (C=O) groups is 1. The van der Waals surface area contributed by atoms with Crippen molar-refractivity contribution in [1.82, 2.24) is 14.5 Å². The van der Waals surface area contributed by atoms with E-state index >= 15 is 0 Å². The Morgan fingerprint density at radius 2 is 2.21 bits per heavy atom. The summed E-state index contributed by atoms with van der Waals surface area (Å²) in [7, 11) is 0. The van der Waals surface area contributed by atoms with Gasteiger partial charge in [0, 0.05) is 39.3 Å². The van der Waals surface area contributed by atoms with Crippen molar-refractivity contribution in [3.63, 3.8) is 0 Å². The number of amides is 1. The summed E-state index contributed by atoms with van der Waals surface area (Å²) >= 11 is 1.45. The molecule has 0 aliphatic carbocycles. The van der Waals surface area contributed by atoms with Crippen molar-refractivity contribution < 1.29 is 9.53 Å². The number of aromatic nitrogens is 2. The second-order valence-corrected chi connectivity index (χ2v) is 7.01. The summed E-state index contributed by atoms with van der Waals surface area (Å²) in [5.74, 6) is 0.670. The van der Waals surface area contributed by atoms with E-state index in [2.05, 4.69) is 4.98 Å². The van der Waals surface area contributed by atoms with Gasteiger partial charge in [0.15, 0.2) is 0 Å². The molecule has 0 saturated carbocycles. The van der Waals surface area contributed by atoms with Crippen molar-refractivity contribution in [2.75, 3.05) is 26.3 Å². The SMILES string of the molecule is CCOCC1CCN(C(=O)CCn2cnc3sccc3c2=O)CC1. The number of hydrogen-bond acceptors (Lipinski definition) is 5. The Morgan fingerprint density at radius 1 is 1.42 bits per heavy atom. The summed E-state index contributed by atoms with van der Waals surface area (Å²) in [4.78, 5) is 31.6. The average Bonchev–Trinajstić information content (AvgIpc) is 3.09. The Kier molecular flexibility index (Phi) is 5.63. The fourth-order valence-corrected chi connectivity index (χ4v) is 3.78. The Morgan fingerprint density at radius 3 is 2.96 bits per heavy atom. The number of nitrogens with zero attached hydrogens (tertiary/aromatic N) is 3. The summed E-state index contributed by atoms with van der Waals surface area (Å²) in [5, 5.41) is 2.49. The first-order chi connectivity index (χ1) is 11.7. The number of piperidine rings is 1. The highest BCUT2D eigenvalue weighted by Crippen LogP contribution is 2.18. The van der Waals surface area contributed by atoms with Crippen molar-refractivity contribution in [3.8, 4) is 0 Å². The van der Waals surface area contributed by atoms with Gasteiger partial charge < -0.3 is 9.64 Å². The minimum atomic E-state index is -0.0653. The molecule has 1 fully saturated rings. The molecular weight excluding hydrogens is 326 g/mol. The summed E-state index contributed by atoms with van der Waals surface area (Å²) in [5.41, 5.74) is -0.0653. The number of aryl methyl sites for hydroxylation is 1. The molecule has 6 nitrogen and oxygen atoms in total. The molecule has 1 aliphatic heterocycles. The molecule has 0 bridgehead atoms. The molecule has 0 atom stereocenters. The molecule has 130 valence electrons. The van der Waals surface area contributed by atoms with Crippen LogP contribution in [0.3, 0.4) is 0 Å². The molecular formula is C17H23N3O3S. The Labute approximate surface area is 145 Å². The summed E-state index contributed by atoms with van der Waals surface area (Å²) in [6.07, 6.45) is 3.87. The number of carbonyl (C=O) groups excluding carboxylic acids is 1. The number of likely N-dealkylation sites (tertiary alicyclic amines) is 1. The largest absolute Gasteiger partial charge is 0.381 e. The van der Waals surface area contributed by atoms with E-state index in [9.17, 15) is 9.59 Å².